The van der Waals surface area contributed by atoms with Gasteiger partial charge in [-0.1, -0.05) is 12.1 Å². The van der Waals surface area contributed by atoms with Crippen molar-refractivity contribution in [2.75, 3.05) is 33.0 Å². The molecule has 0 atom stereocenters. The van der Waals surface area contributed by atoms with Crippen molar-refractivity contribution in [2.45, 2.75) is 32.1 Å². The first kappa shape index (κ1) is 17.0. The van der Waals surface area contributed by atoms with Crippen molar-refractivity contribution in [1.29, 1.82) is 0 Å². The zero-order chi connectivity index (χ0) is 16.2. The van der Waals surface area contributed by atoms with Crippen LogP contribution in [0.4, 0.5) is 0 Å². The summed E-state index contributed by atoms with van der Waals surface area (Å²) in [5.41, 5.74) is 2.36. The van der Waals surface area contributed by atoms with Crippen LogP contribution in [0, 0.1) is 6.92 Å². The summed E-state index contributed by atoms with van der Waals surface area (Å²) < 4.78 is 5.67. The average Bonchev–Trinajstić information content (AvgIpc) is 2.48. The van der Waals surface area contributed by atoms with Crippen LogP contribution < -0.4 is 10.1 Å². The van der Waals surface area contributed by atoms with Crippen molar-refractivity contribution in [3.8, 4) is 5.75 Å². The molecule has 0 amide bonds. The summed E-state index contributed by atoms with van der Waals surface area (Å²) in [6, 6.07) is 6.32. The van der Waals surface area contributed by atoms with Crippen LogP contribution in [0.2, 0.25) is 0 Å². The Morgan fingerprint density at radius 2 is 2.23 bits per heavy atom. The Bertz CT molecular complexity index is 543. The van der Waals surface area contributed by atoms with Crippen LogP contribution in [0.3, 0.4) is 0 Å². The number of guanidine groups is 1. The van der Waals surface area contributed by atoms with E-state index in [1.807, 2.05) is 18.8 Å². The number of aryl methyl sites for hydroxylation is 1. The molecule has 2 rings (SSSR count). The van der Waals surface area contributed by atoms with E-state index >= 15 is 0 Å². The van der Waals surface area contributed by atoms with Crippen LogP contribution in [0.25, 0.3) is 0 Å². The van der Waals surface area contributed by atoms with Gasteiger partial charge in [-0.2, -0.15) is 11.8 Å². The molecule has 0 radical (unpaired) electrons. The van der Waals surface area contributed by atoms with Crippen LogP contribution in [0.1, 0.15) is 25.0 Å². The largest absolute Gasteiger partial charge is 0.496 e. The van der Waals surface area contributed by atoms with Gasteiger partial charge in [0.05, 0.1) is 7.11 Å². The maximum Gasteiger partial charge on any atom is 0.193 e. The van der Waals surface area contributed by atoms with Crippen LogP contribution >= 0.6 is 11.8 Å². The highest BCUT2D eigenvalue weighted by Crippen LogP contribution is 2.29. The van der Waals surface area contributed by atoms with Crippen molar-refractivity contribution in [2.24, 2.45) is 4.99 Å². The fourth-order valence-electron chi connectivity index (χ4n) is 2.69. The van der Waals surface area contributed by atoms with Gasteiger partial charge in [0, 0.05) is 37.2 Å². The van der Waals surface area contributed by atoms with Crippen molar-refractivity contribution in [3.63, 3.8) is 0 Å². The molecule has 122 valence electrons. The summed E-state index contributed by atoms with van der Waals surface area (Å²) in [5, 5.41) is 3.48. The molecule has 1 aromatic carbocycles. The van der Waals surface area contributed by atoms with Crippen LogP contribution in [-0.4, -0.2) is 48.6 Å². The molecule has 1 aromatic rings. The molecule has 0 saturated carbocycles. The number of aliphatic imine (C=N–C) groups is 1. The normalized spacial score (nSPS) is 18.2. The van der Waals surface area contributed by atoms with Crippen molar-refractivity contribution >= 4 is 17.7 Å². The molecule has 0 aromatic heterocycles. The fourth-order valence-corrected chi connectivity index (χ4v) is 3.80. The van der Waals surface area contributed by atoms with Gasteiger partial charge in [0.2, 0.25) is 0 Å². The van der Waals surface area contributed by atoms with Gasteiger partial charge in [-0.3, -0.25) is 4.99 Å². The number of hydrogen-bond acceptors (Lipinski definition) is 3. The van der Waals surface area contributed by atoms with Crippen molar-refractivity contribution in [3.05, 3.63) is 29.3 Å². The number of nitrogens with one attached hydrogen (secondary N) is 1. The molecule has 1 N–H and O–H groups in total. The monoisotopic (exact) mass is 321 g/mol. The van der Waals surface area contributed by atoms with Gasteiger partial charge in [0.15, 0.2) is 5.96 Å². The first-order valence-electron chi connectivity index (χ1n) is 7.68. The van der Waals surface area contributed by atoms with Gasteiger partial charge in [0.25, 0.3) is 0 Å². The minimum Gasteiger partial charge on any atom is -0.496 e. The quantitative estimate of drug-likeness (QED) is 0.686. The zero-order valence-corrected chi connectivity index (χ0v) is 15.1. The lowest BCUT2D eigenvalue weighted by Gasteiger charge is -2.39. The van der Waals surface area contributed by atoms with E-state index in [4.69, 9.17) is 4.74 Å². The Morgan fingerprint density at radius 3 is 2.86 bits per heavy atom. The summed E-state index contributed by atoms with van der Waals surface area (Å²) in [5.74, 6) is 3.06. The van der Waals surface area contributed by atoms with Gasteiger partial charge in [-0.05, 0) is 38.0 Å². The van der Waals surface area contributed by atoms with Gasteiger partial charge in [-0.15, -0.1) is 0 Å². The molecule has 1 fully saturated rings. The number of rotatable bonds is 3. The van der Waals surface area contributed by atoms with E-state index in [-0.39, 0.29) is 4.75 Å². The summed E-state index contributed by atoms with van der Waals surface area (Å²) in [7, 11) is 3.57. The Hall–Kier alpha value is -1.36. The minimum absolute atomic E-state index is 0.281. The van der Waals surface area contributed by atoms with E-state index in [9.17, 15) is 0 Å². The van der Waals surface area contributed by atoms with Gasteiger partial charge in [0.1, 0.15) is 5.75 Å². The third-order valence-corrected chi connectivity index (χ3v) is 5.16. The molecule has 0 aliphatic carbocycles. The van der Waals surface area contributed by atoms with Crippen LogP contribution in [-0.2, 0) is 6.54 Å². The molecular weight excluding hydrogens is 294 g/mol. The Kier molecular flexibility index (Phi) is 5.62. The number of nitrogens with zero attached hydrogens (tertiary/aromatic N) is 2. The van der Waals surface area contributed by atoms with E-state index in [0.717, 1.165) is 42.7 Å². The molecule has 0 spiro atoms. The number of hydrogen-bond donors (Lipinski definition) is 1. The Labute approximate surface area is 138 Å². The first-order chi connectivity index (χ1) is 10.4. The highest BCUT2D eigenvalue weighted by Gasteiger charge is 2.28. The predicted molar refractivity (Wildman–Crippen MR) is 96.0 cm³/mol. The number of thioether (sulfide) groups is 1. The molecular formula is C17H27N3OS. The van der Waals surface area contributed by atoms with Gasteiger partial charge >= 0.3 is 0 Å². The maximum absolute atomic E-state index is 5.39. The molecule has 1 aliphatic heterocycles. The number of benzene rings is 1. The van der Waals surface area contributed by atoms with E-state index in [2.05, 4.69) is 54.2 Å². The molecule has 22 heavy (non-hydrogen) atoms. The first-order valence-corrected chi connectivity index (χ1v) is 8.67. The lowest BCUT2D eigenvalue weighted by Crippen LogP contribution is -2.50. The lowest BCUT2D eigenvalue weighted by atomic mass is 10.1. The Balaban J connectivity index is 1.99. The summed E-state index contributed by atoms with van der Waals surface area (Å²) in [6.07, 6.45) is 0. The van der Waals surface area contributed by atoms with Crippen LogP contribution in [0.15, 0.2) is 23.2 Å². The van der Waals surface area contributed by atoms with E-state index < -0.39 is 0 Å². The number of ether oxygens (including phenoxy) is 1. The van der Waals surface area contributed by atoms with Crippen molar-refractivity contribution < 1.29 is 4.74 Å². The molecule has 1 heterocycles. The highest BCUT2D eigenvalue weighted by atomic mass is 32.2. The summed E-state index contributed by atoms with van der Waals surface area (Å²) in [6.45, 7) is 9.47. The standard InChI is InChI=1S/C17H27N3OS/c1-13-6-7-14(10-15(13)21-5)11-19-16(18-4)20-8-9-22-17(2,3)12-20/h6-7,10H,8-9,11-12H2,1-5H3,(H,18,19). The second-order valence-electron chi connectivity index (χ2n) is 6.23. The third kappa shape index (κ3) is 4.32. The summed E-state index contributed by atoms with van der Waals surface area (Å²) in [4.78, 5) is 6.79. The fraction of sp³-hybridized carbons (Fsp3) is 0.588. The third-order valence-electron chi connectivity index (χ3n) is 3.86. The average molecular weight is 321 g/mol. The molecule has 5 heteroatoms. The molecule has 0 unspecified atom stereocenters. The second kappa shape index (κ2) is 7.27. The molecule has 1 aliphatic rings. The Morgan fingerprint density at radius 1 is 1.45 bits per heavy atom. The van der Waals surface area contributed by atoms with Gasteiger partial charge in [-0.25, -0.2) is 0 Å². The van der Waals surface area contributed by atoms with Crippen LogP contribution in [0.5, 0.6) is 5.75 Å². The molecule has 1 saturated heterocycles. The zero-order valence-electron chi connectivity index (χ0n) is 14.3. The molecule has 0 bridgehead atoms. The predicted octanol–water partition coefficient (Wildman–Crippen LogP) is 2.91. The topological polar surface area (TPSA) is 36.9 Å². The van der Waals surface area contributed by atoms with E-state index in [0.29, 0.717) is 0 Å². The highest BCUT2D eigenvalue weighted by molar-refractivity contribution is 8.00. The van der Waals surface area contributed by atoms with E-state index in [1.54, 1.807) is 7.11 Å². The minimum atomic E-state index is 0.281. The molecule has 4 nitrogen and oxygen atoms in total. The lowest BCUT2D eigenvalue weighted by molar-refractivity contribution is 0.375. The number of methoxy groups -OCH3 is 1. The SMILES string of the molecule is CN=C(NCc1ccc(C)c(OC)c1)N1CCSC(C)(C)C1. The van der Waals surface area contributed by atoms with E-state index in [1.165, 1.54) is 5.56 Å². The summed E-state index contributed by atoms with van der Waals surface area (Å²) >= 11 is 2.03. The maximum atomic E-state index is 5.39. The smallest absolute Gasteiger partial charge is 0.193 e. The van der Waals surface area contributed by atoms with Crippen molar-refractivity contribution in [1.82, 2.24) is 10.2 Å². The second-order valence-corrected chi connectivity index (χ2v) is 8.04. The van der Waals surface area contributed by atoms with Gasteiger partial charge < -0.3 is 15.0 Å².